The van der Waals surface area contributed by atoms with E-state index >= 15 is 0 Å². The number of hydrogen-bond donors (Lipinski definition) is 2. The first kappa shape index (κ1) is 14.8. The molecule has 1 rings (SSSR count). The second-order valence-electron chi connectivity index (χ2n) is 4.31. The topological polar surface area (TPSA) is 54.0 Å². The highest BCUT2D eigenvalue weighted by atomic mass is 35.5. The zero-order valence-electron chi connectivity index (χ0n) is 11.1. The van der Waals surface area contributed by atoms with Crippen LogP contribution in [0.25, 0.3) is 0 Å². The Labute approximate surface area is 113 Å². The summed E-state index contributed by atoms with van der Waals surface area (Å²) in [6.07, 6.45) is 2.58. The monoisotopic (exact) mass is 269 g/mol. The average Bonchev–Trinajstić information content (AvgIpc) is 2.38. The van der Waals surface area contributed by atoms with E-state index in [9.17, 15) is 4.79 Å². The van der Waals surface area contributed by atoms with Crippen molar-refractivity contribution < 1.29 is 4.79 Å². The molecule has 0 bridgehead atoms. The van der Waals surface area contributed by atoms with Gasteiger partial charge in [-0.25, -0.2) is 4.98 Å². The summed E-state index contributed by atoms with van der Waals surface area (Å²) in [5, 5.41) is 6.36. The molecule has 1 aromatic rings. The van der Waals surface area contributed by atoms with Crippen LogP contribution in [0.1, 0.15) is 37.6 Å². The normalized spacial score (nSPS) is 12.0. The standard InChI is InChI=1S/C13H20ClN3O/c1-4-9(3)7-17-13(18)10-6-11(14)12(15-5-2)16-8-10/h6,8-9H,4-5,7H2,1-3H3,(H,15,16)(H,17,18). The van der Waals surface area contributed by atoms with Crippen LogP contribution in [0.5, 0.6) is 0 Å². The van der Waals surface area contributed by atoms with Crippen LogP contribution in [0, 0.1) is 5.92 Å². The fourth-order valence-electron chi connectivity index (χ4n) is 1.37. The molecule has 0 aliphatic carbocycles. The molecule has 0 spiro atoms. The van der Waals surface area contributed by atoms with Crippen LogP contribution >= 0.6 is 11.6 Å². The number of nitrogens with zero attached hydrogens (tertiary/aromatic N) is 1. The smallest absolute Gasteiger partial charge is 0.252 e. The summed E-state index contributed by atoms with van der Waals surface area (Å²) >= 11 is 6.04. The first-order valence-corrected chi connectivity index (χ1v) is 6.63. The molecule has 4 nitrogen and oxygen atoms in total. The number of carbonyl (C=O) groups is 1. The molecular weight excluding hydrogens is 250 g/mol. The highest BCUT2D eigenvalue weighted by molar-refractivity contribution is 6.33. The van der Waals surface area contributed by atoms with Crippen molar-refractivity contribution in [2.75, 3.05) is 18.4 Å². The second kappa shape index (κ2) is 7.21. The number of nitrogens with one attached hydrogen (secondary N) is 2. The molecule has 18 heavy (non-hydrogen) atoms. The zero-order chi connectivity index (χ0) is 13.5. The van der Waals surface area contributed by atoms with Gasteiger partial charge in [-0.3, -0.25) is 4.79 Å². The number of rotatable bonds is 6. The number of aromatic nitrogens is 1. The minimum absolute atomic E-state index is 0.132. The van der Waals surface area contributed by atoms with Crippen LogP contribution in [0.4, 0.5) is 5.82 Å². The van der Waals surface area contributed by atoms with Gasteiger partial charge in [-0.05, 0) is 18.9 Å². The molecule has 0 saturated carbocycles. The van der Waals surface area contributed by atoms with Crippen molar-refractivity contribution in [1.29, 1.82) is 0 Å². The van der Waals surface area contributed by atoms with E-state index in [0.29, 0.717) is 28.9 Å². The second-order valence-corrected chi connectivity index (χ2v) is 4.72. The van der Waals surface area contributed by atoms with Crippen LogP contribution in [0.2, 0.25) is 5.02 Å². The maximum absolute atomic E-state index is 11.9. The highest BCUT2D eigenvalue weighted by Crippen LogP contribution is 2.19. The van der Waals surface area contributed by atoms with Gasteiger partial charge in [-0.15, -0.1) is 0 Å². The summed E-state index contributed by atoms with van der Waals surface area (Å²) in [7, 11) is 0. The Balaban J connectivity index is 2.66. The third-order valence-corrected chi connectivity index (χ3v) is 3.04. The molecule has 0 fully saturated rings. The lowest BCUT2D eigenvalue weighted by molar-refractivity contribution is 0.0947. The maximum atomic E-state index is 11.9. The van der Waals surface area contributed by atoms with Crippen molar-refractivity contribution in [1.82, 2.24) is 10.3 Å². The third-order valence-electron chi connectivity index (χ3n) is 2.76. The predicted molar refractivity (Wildman–Crippen MR) is 75.2 cm³/mol. The molecule has 0 aliphatic heterocycles. The van der Waals surface area contributed by atoms with Gasteiger partial charge in [-0.2, -0.15) is 0 Å². The lowest BCUT2D eigenvalue weighted by Gasteiger charge is -2.11. The zero-order valence-corrected chi connectivity index (χ0v) is 11.8. The van der Waals surface area contributed by atoms with E-state index < -0.39 is 0 Å². The van der Waals surface area contributed by atoms with Crippen molar-refractivity contribution in [3.8, 4) is 0 Å². The van der Waals surface area contributed by atoms with E-state index in [1.165, 1.54) is 6.20 Å². The minimum Gasteiger partial charge on any atom is -0.369 e. The fourth-order valence-corrected chi connectivity index (χ4v) is 1.61. The molecule has 0 aliphatic rings. The van der Waals surface area contributed by atoms with Crippen LogP contribution in [0.3, 0.4) is 0 Å². The van der Waals surface area contributed by atoms with Crippen LogP contribution in [-0.2, 0) is 0 Å². The van der Waals surface area contributed by atoms with Crippen molar-refractivity contribution in [3.63, 3.8) is 0 Å². The molecule has 0 radical (unpaired) electrons. The van der Waals surface area contributed by atoms with Crippen molar-refractivity contribution >= 4 is 23.3 Å². The number of hydrogen-bond acceptors (Lipinski definition) is 3. The van der Waals surface area contributed by atoms with Gasteiger partial charge in [0.05, 0.1) is 10.6 Å². The number of pyridine rings is 1. The van der Waals surface area contributed by atoms with Crippen molar-refractivity contribution in [3.05, 3.63) is 22.8 Å². The molecule has 1 unspecified atom stereocenters. The van der Waals surface area contributed by atoms with E-state index in [-0.39, 0.29) is 5.91 Å². The van der Waals surface area contributed by atoms with Gasteiger partial charge in [0.2, 0.25) is 0 Å². The minimum atomic E-state index is -0.132. The van der Waals surface area contributed by atoms with E-state index in [4.69, 9.17) is 11.6 Å². The molecule has 1 aromatic heterocycles. The summed E-state index contributed by atoms with van der Waals surface area (Å²) in [6, 6.07) is 1.64. The number of carbonyl (C=O) groups excluding carboxylic acids is 1. The van der Waals surface area contributed by atoms with E-state index in [0.717, 1.165) is 13.0 Å². The van der Waals surface area contributed by atoms with Crippen LogP contribution in [0.15, 0.2) is 12.3 Å². The van der Waals surface area contributed by atoms with Gasteiger partial charge in [-0.1, -0.05) is 31.9 Å². The Morgan fingerprint density at radius 1 is 1.50 bits per heavy atom. The quantitative estimate of drug-likeness (QED) is 0.835. The fraction of sp³-hybridized carbons (Fsp3) is 0.538. The first-order valence-electron chi connectivity index (χ1n) is 6.26. The SMILES string of the molecule is CCNc1ncc(C(=O)NCC(C)CC)cc1Cl. The van der Waals surface area contributed by atoms with Gasteiger partial charge >= 0.3 is 0 Å². The molecule has 0 aromatic carbocycles. The van der Waals surface area contributed by atoms with E-state index in [2.05, 4.69) is 29.5 Å². The molecule has 1 atom stereocenters. The van der Waals surface area contributed by atoms with Crippen molar-refractivity contribution in [2.24, 2.45) is 5.92 Å². The lowest BCUT2D eigenvalue weighted by atomic mass is 10.1. The van der Waals surface area contributed by atoms with Gasteiger partial charge in [0.15, 0.2) is 0 Å². The van der Waals surface area contributed by atoms with Gasteiger partial charge < -0.3 is 10.6 Å². The Morgan fingerprint density at radius 2 is 2.22 bits per heavy atom. The summed E-state index contributed by atoms with van der Waals surface area (Å²) in [5.74, 6) is 0.948. The van der Waals surface area contributed by atoms with Gasteiger partial charge in [0, 0.05) is 19.3 Å². The molecule has 2 N–H and O–H groups in total. The summed E-state index contributed by atoms with van der Waals surface area (Å²) < 4.78 is 0. The van der Waals surface area contributed by atoms with E-state index in [1.807, 2.05) is 6.92 Å². The molecule has 0 saturated heterocycles. The van der Waals surface area contributed by atoms with E-state index in [1.54, 1.807) is 6.07 Å². The summed E-state index contributed by atoms with van der Waals surface area (Å²) in [5.41, 5.74) is 0.491. The predicted octanol–water partition coefficient (Wildman–Crippen LogP) is 2.94. The molecule has 5 heteroatoms. The Bertz CT molecular complexity index is 409. The molecule has 1 heterocycles. The van der Waals surface area contributed by atoms with Crippen LogP contribution in [-0.4, -0.2) is 24.0 Å². The Morgan fingerprint density at radius 3 is 2.78 bits per heavy atom. The van der Waals surface area contributed by atoms with Gasteiger partial charge in [0.1, 0.15) is 5.82 Å². The number of anilines is 1. The molecule has 100 valence electrons. The number of halogens is 1. The average molecular weight is 270 g/mol. The molecular formula is C13H20ClN3O. The van der Waals surface area contributed by atoms with Crippen LogP contribution < -0.4 is 10.6 Å². The maximum Gasteiger partial charge on any atom is 0.252 e. The largest absolute Gasteiger partial charge is 0.369 e. The third kappa shape index (κ3) is 4.18. The van der Waals surface area contributed by atoms with Gasteiger partial charge in [0.25, 0.3) is 5.91 Å². The first-order chi connectivity index (χ1) is 8.58. The number of amides is 1. The molecule has 1 amide bonds. The highest BCUT2D eigenvalue weighted by Gasteiger charge is 2.10. The Hall–Kier alpha value is -1.29. The lowest BCUT2D eigenvalue weighted by Crippen LogP contribution is -2.28. The summed E-state index contributed by atoms with van der Waals surface area (Å²) in [4.78, 5) is 16.0. The Kier molecular flexibility index (Phi) is 5.92. The summed E-state index contributed by atoms with van der Waals surface area (Å²) in [6.45, 7) is 7.57. The van der Waals surface area contributed by atoms with Crippen molar-refractivity contribution in [2.45, 2.75) is 27.2 Å².